The van der Waals surface area contributed by atoms with Crippen LogP contribution in [0.15, 0.2) is 12.1 Å². The van der Waals surface area contributed by atoms with Gasteiger partial charge in [0.15, 0.2) is 5.78 Å². The number of hydrogen-bond donors (Lipinski definition) is 1. The Bertz CT molecular complexity index is 418. The second-order valence-corrected chi connectivity index (χ2v) is 5.37. The minimum Gasteiger partial charge on any atom is -0.507 e. The molecule has 0 heterocycles. The molecule has 0 atom stereocenters. The molecule has 0 saturated heterocycles. The van der Waals surface area contributed by atoms with Crippen LogP contribution in [0.2, 0.25) is 0 Å². The molecule has 3 heteroatoms. The van der Waals surface area contributed by atoms with E-state index in [1.165, 1.54) is 0 Å². The van der Waals surface area contributed by atoms with Crippen LogP contribution >= 0.6 is 0 Å². The zero-order chi connectivity index (χ0) is 14.6. The summed E-state index contributed by atoms with van der Waals surface area (Å²) in [5.41, 5.74) is 2.27. The van der Waals surface area contributed by atoms with Crippen LogP contribution in [0.4, 0.5) is 0 Å². The van der Waals surface area contributed by atoms with Crippen molar-refractivity contribution in [1.82, 2.24) is 0 Å². The number of aromatic hydroxyl groups is 1. The normalized spacial score (nSPS) is 11.3. The van der Waals surface area contributed by atoms with E-state index in [9.17, 15) is 9.90 Å². The number of phenols is 1. The Morgan fingerprint density at radius 1 is 1.16 bits per heavy atom. The van der Waals surface area contributed by atoms with Crippen molar-refractivity contribution in [2.75, 3.05) is 13.2 Å². The van der Waals surface area contributed by atoms with Gasteiger partial charge in [0, 0.05) is 12.2 Å². The first kappa shape index (κ1) is 15.7. The largest absolute Gasteiger partial charge is 0.507 e. The predicted octanol–water partition coefficient (Wildman–Crippen LogP) is 3.86. The fraction of sp³-hybridized carbons (Fsp3) is 0.562. The van der Waals surface area contributed by atoms with Gasteiger partial charge in [0.05, 0.1) is 0 Å². The Labute approximate surface area is 115 Å². The van der Waals surface area contributed by atoms with Gasteiger partial charge >= 0.3 is 0 Å². The van der Waals surface area contributed by atoms with Crippen LogP contribution in [0.3, 0.4) is 0 Å². The highest BCUT2D eigenvalue weighted by Crippen LogP contribution is 2.34. The number of rotatable bonds is 6. The number of hydrogen-bond acceptors (Lipinski definition) is 3. The first-order chi connectivity index (χ1) is 8.88. The van der Waals surface area contributed by atoms with E-state index >= 15 is 0 Å². The molecule has 1 rings (SSSR count). The second kappa shape index (κ2) is 6.71. The summed E-state index contributed by atoms with van der Waals surface area (Å²) < 4.78 is 5.17. The van der Waals surface area contributed by atoms with Gasteiger partial charge in [-0.1, -0.05) is 27.7 Å². The van der Waals surface area contributed by atoms with Crippen LogP contribution in [0.5, 0.6) is 5.75 Å². The highest BCUT2D eigenvalue weighted by molar-refractivity contribution is 5.97. The Morgan fingerprint density at radius 2 is 1.63 bits per heavy atom. The number of ether oxygens (including phenoxy) is 1. The Balaban J connectivity index is 3.22. The number of ketones is 1. The molecular formula is C16H24O3. The Hall–Kier alpha value is -1.35. The van der Waals surface area contributed by atoms with Crippen molar-refractivity contribution in [2.45, 2.75) is 46.5 Å². The van der Waals surface area contributed by atoms with E-state index in [1.54, 1.807) is 12.1 Å². The predicted molar refractivity (Wildman–Crippen MR) is 77.1 cm³/mol. The van der Waals surface area contributed by atoms with Gasteiger partial charge in [-0.25, -0.2) is 0 Å². The second-order valence-electron chi connectivity index (χ2n) is 5.37. The molecule has 0 aliphatic rings. The summed E-state index contributed by atoms with van der Waals surface area (Å²) in [5, 5.41) is 10.3. The van der Waals surface area contributed by atoms with Crippen molar-refractivity contribution in [3.63, 3.8) is 0 Å². The van der Waals surface area contributed by atoms with Gasteiger partial charge < -0.3 is 9.84 Å². The van der Waals surface area contributed by atoms with E-state index in [-0.39, 0.29) is 24.2 Å². The maximum absolute atomic E-state index is 12.1. The molecule has 0 amide bonds. The van der Waals surface area contributed by atoms with Crippen LogP contribution < -0.4 is 0 Å². The monoisotopic (exact) mass is 264 g/mol. The van der Waals surface area contributed by atoms with Crippen LogP contribution in [-0.4, -0.2) is 24.1 Å². The lowest BCUT2D eigenvalue weighted by Gasteiger charge is -2.17. The summed E-state index contributed by atoms with van der Waals surface area (Å²) >= 11 is 0. The molecule has 0 aromatic heterocycles. The molecule has 0 bridgehead atoms. The number of carbonyl (C=O) groups is 1. The first-order valence-electron chi connectivity index (χ1n) is 6.86. The molecule has 106 valence electrons. The molecule has 1 aromatic rings. The van der Waals surface area contributed by atoms with Crippen molar-refractivity contribution in [2.24, 2.45) is 0 Å². The molecule has 0 unspecified atom stereocenters. The van der Waals surface area contributed by atoms with Crippen molar-refractivity contribution in [1.29, 1.82) is 0 Å². The molecular weight excluding hydrogens is 240 g/mol. The summed E-state index contributed by atoms with van der Waals surface area (Å²) in [6.07, 6.45) is 0. The van der Waals surface area contributed by atoms with Gasteiger partial charge in [0.25, 0.3) is 0 Å². The Kier molecular flexibility index (Phi) is 5.55. The molecule has 19 heavy (non-hydrogen) atoms. The highest BCUT2D eigenvalue weighted by atomic mass is 16.5. The fourth-order valence-corrected chi connectivity index (χ4v) is 2.00. The summed E-state index contributed by atoms with van der Waals surface area (Å²) in [5.74, 6) is 0.637. The van der Waals surface area contributed by atoms with Crippen LogP contribution in [-0.2, 0) is 4.74 Å². The van der Waals surface area contributed by atoms with E-state index in [4.69, 9.17) is 4.74 Å². The van der Waals surface area contributed by atoms with E-state index < -0.39 is 0 Å². The van der Waals surface area contributed by atoms with Crippen molar-refractivity contribution >= 4 is 5.78 Å². The van der Waals surface area contributed by atoms with Gasteiger partial charge in [-0.2, -0.15) is 0 Å². The van der Waals surface area contributed by atoms with Crippen LogP contribution in [0.1, 0.15) is 67.9 Å². The standard InChI is InChI=1S/C16H24O3/c1-6-19-9-15(17)12-7-13(10(2)3)16(18)14(8-12)11(4)5/h7-8,10-11,18H,6,9H2,1-5H3. The summed E-state index contributed by atoms with van der Waals surface area (Å²) in [4.78, 5) is 12.1. The SMILES string of the molecule is CCOCC(=O)c1cc(C(C)C)c(O)c(C(C)C)c1. The molecule has 0 aliphatic carbocycles. The van der Waals surface area contributed by atoms with E-state index in [0.717, 1.165) is 11.1 Å². The van der Waals surface area contributed by atoms with Crippen molar-refractivity contribution in [3.05, 3.63) is 28.8 Å². The summed E-state index contributed by atoms with van der Waals surface area (Å²) in [6.45, 7) is 10.5. The minimum absolute atomic E-state index is 0.0364. The van der Waals surface area contributed by atoms with Crippen molar-refractivity contribution < 1.29 is 14.6 Å². The van der Waals surface area contributed by atoms with Crippen LogP contribution in [0, 0.1) is 0 Å². The maximum atomic E-state index is 12.1. The lowest BCUT2D eigenvalue weighted by molar-refractivity contribution is 0.0783. The third-order valence-corrected chi connectivity index (χ3v) is 3.17. The molecule has 1 aromatic carbocycles. The van der Waals surface area contributed by atoms with Gasteiger partial charge in [-0.15, -0.1) is 0 Å². The third kappa shape index (κ3) is 3.80. The molecule has 0 spiro atoms. The smallest absolute Gasteiger partial charge is 0.188 e. The average molecular weight is 264 g/mol. The number of phenolic OH excluding ortho intramolecular Hbond substituents is 1. The zero-order valence-electron chi connectivity index (χ0n) is 12.5. The first-order valence-corrected chi connectivity index (χ1v) is 6.86. The van der Waals surface area contributed by atoms with E-state index in [0.29, 0.717) is 17.9 Å². The lowest BCUT2D eigenvalue weighted by Crippen LogP contribution is -2.10. The molecule has 3 nitrogen and oxygen atoms in total. The van der Waals surface area contributed by atoms with Crippen molar-refractivity contribution in [3.8, 4) is 5.75 Å². The molecule has 0 fully saturated rings. The van der Waals surface area contributed by atoms with Gasteiger partial charge in [0.2, 0.25) is 0 Å². The molecule has 0 saturated carbocycles. The van der Waals surface area contributed by atoms with Gasteiger partial charge in [-0.3, -0.25) is 4.79 Å². The van der Waals surface area contributed by atoms with Gasteiger partial charge in [-0.05, 0) is 42.0 Å². The quantitative estimate of drug-likeness (QED) is 0.794. The van der Waals surface area contributed by atoms with E-state index in [1.807, 2.05) is 34.6 Å². The van der Waals surface area contributed by atoms with E-state index in [2.05, 4.69) is 0 Å². The summed E-state index contributed by atoms with van der Waals surface area (Å²) in [6, 6.07) is 3.57. The highest BCUT2D eigenvalue weighted by Gasteiger charge is 2.17. The van der Waals surface area contributed by atoms with Gasteiger partial charge in [0.1, 0.15) is 12.4 Å². The molecule has 0 aliphatic heterocycles. The maximum Gasteiger partial charge on any atom is 0.188 e. The number of Topliss-reactive ketones (excluding diaryl/α,β-unsaturated/α-hetero) is 1. The Morgan fingerprint density at radius 3 is 2.00 bits per heavy atom. The fourth-order valence-electron chi connectivity index (χ4n) is 2.00. The molecule has 1 N–H and O–H groups in total. The number of benzene rings is 1. The lowest BCUT2D eigenvalue weighted by atomic mass is 9.90. The van der Waals surface area contributed by atoms with Crippen LogP contribution in [0.25, 0.3) is 0 Å². The average Bonchev–Trinajstić information content (AvgIpc) is 2.35. The summed E-state index contributed by atoms with van der Waals surface area (Å²) in [7, 11) is 0. The third-order valence-electron chi connectivity index (χ3n) is 3.17. The molecule has 0 radical (unpaired) electrons. The number of carbonyl (C=O) groups excluding carboxylic acids is 1. The zero-order valence-corrected chi connectivity index (χ0v) is 12.5. The topological polar surface area (TPSA) is 46.5 Å². The minimum atomic E-state index is -0.0364.